The maximum absolute atomic E-state index is 14.6. The van der Waals surface area contributed by atoms with Crippen LogP contribution in [0.5, 0.6) is 0 Å². The van der Waals surface area contributed by atoms with Gasteiger partial charge < -0.3 is 19.3 Å². The average molecular weight is 848 g/mol. The zero-order valence-electron chi connectivity index (χ0n) is 38.6. The summed E-state index contributed by atoms with van der Waals surface area (Å²) in [4.78, 5) is 75.9. The predicted molar refractivity (Wildman–Crippen MR) is 232 cm³/mol. The van der Waals surface area contributed by atoms with Crippen LogP contribution >= 0.6 is 0 Å². The number of nitrogens with zero attached hydrogens (tertiary/aromatic N) is 6. The van der Waals surface area contributed by atoms with Gasteiger partial charge in [-0.1, -0.05) is 83.5 Å². The van der Waals surface area contributed by atoms with Crippen LogP contribution in [0.1, 0.15) is 137 Å². The number of ether oxygens (including phenoxy) is 2. The van der Waals surface area contributed by atoms with Crippen molar-refractivity contribution in [1.82, 2.24) is 35.3 Å². The largest absolute Gasteiger partial charge is 0.444 e. The number of hydrogen-bond donors (Lipinski definition) is 1. The van der Waals surface area contributed by atoms with Crippen molar-refractivity contribution in [2.75, 3.05) is 20.7 Å². The molecular formula is C47H73N7O7. The minimum absolute atomic E-state index is 0.0163. The standard InChI is InChI=1S/C47H73N7O7/c1-12-29(4)42(52(10)45(58)36(28(2)3)26-39(56)43-33-20-21-35(24-33)54(43)46(59)61-47(7,8)9)40(60-11)27-41(57)53-22-16-19-37(53)30(5)31(6)38(55)25-34(44-48-50-51-49-44)23-32-17-14-13-15-18-32/h13-15,17-18,28-31,33-37,40,42-43H,12,16,19-27H2,1-11H3,(H,48,49,50,51)/t29-,30+,31+,33-,34+,35+,36-,37-,40+,42-,43-/m0/s1. The lowest BCUT2D eigenvalue weighted by molar-refractivity contribution is -0.148. The molecule has 14 heteroatoms. The summed E-state index contributed by atoms with van der Waals surface area (Å²) in [5, 5.41) is 14.7. The van der Waals surface area contributed by atoms with Crippen molar-refractivity contribution < 1.29 is 33.4 Å². The number of nitrogens with one attached hydrogen (secondary N) is 1. The van der Waals surface area contributed by atoms with Gasteiger partial charge in [0.25, 0.3) is 0 Å². The van der Waals surface area contributed by atoms with Crippen LogP contribution in [0.25, 0.3) is 0 Å². The van der Waals surface area contributed by atoms with E-state index in [0.29, 0.717) is 18.8 Å². The van der Waals surface area contributed by atoms with Gasteiger partial charge in [0.05, 0.1) is 24.6 Å². The van der Waals surface area contributed by atoms with Gasteiger partial charge in [0, 0.05) is 63.4 Å². The van der Waals surface area contributed by atoms with Crippen molar-refractivity contribution >= 4 is 29.5 Å². The number of methoxy groups -OCH3 is 1. The first kappa shape index (κ1) is 47.8. The topological polar surface area (TPSA) is 168 Å². The number of benzene rings is 1. The number of piperidine rings is 1. The Bertz CT molecular complexity index is 1780. The molecular weight excluding hydrogens is 775 g/mol. The van der Waals surface area contributed by atoms with Crippen LogP contribution in [0.4, 0.5) is 4.79 Å². The molecule has 61 heavy (non-hydrogen) atoms. The van der Waals surface area contributed by atoms with Gasteiger partial charge in [-0.25, -0.2) is 4.79 Å². The molecule has 3 amide bonds. The van der Waals surface area contributed by atoms with Gasteiger partial charge in [0.15, 0.2) is 11.6 Å². The van der Waals surface area contributed by atoms with Gasteiger partial charge in [-0.15, -0.1) is 10.2 Å². The van der Waals surface area contributed by atoms with E-state index in [-0.39, 0.29) is 90.2 Å². The Hall–Kier alpha value is -4.20. The highest BCUT2D eigenvalue weighted by atomic mass is 16.6. The molecule has 0 unspecified atom stereocenters. The number of carbonyl (C=O) groups is 5. The summed E-state index contributed by atoms with van der Waals surface area (Å²) in [5.41, 5.74) is 0.399. The number of hydrogen-bond acceptors (Lipinski definition) is 10. The molecule has 1 aromatic carbocycles. The third kappa shape index (κ3) is 11.4. The maximum Gasteiger partial charge on any atom is 0.411 e. The number of aromatic nitrogens is 4. The van der Waals surface area contributed by atoms with E-state index in [0.717, 1.165) is 44.1 Å². The molecule has 1 aliphatic carbocycles. The second-order valence-electron chi connectivity index (χ2n) is 19.7. The quantitative estimate of drug-likeness (QED) is 0.146. The van der Waals surface area contributed by atoms with Crippen LogP contribution in [-0.2, 0) is 35.1 Å². The normalized spacial score (nSPS) is 23.6. The molecule has 14 nitrogen and oxygen atoms in total. The van der Waals surface area contributed by atoms with E-state index in [1.54, 1.807) is 24.0 Å². The van der Waals surface area contributed by atoms with E-state index in [9.17, 15) is 24.0 Å². The Kier molecular flexibility index (Phi) is 16.3. The Morgan fingerprint density at radius 2 is 1.67 bits per heavy atom. The minimum Gasteiger partial charge on any atom is -0.444 e. The maximum atomic E-state index is 14.6. The molecule has 1 saturated carbocycles. The molecule has 0 radical (unpaired) electrons. The summed E-state index contributed by atoms with van der Waals surface area (Å²) in [6, 6.07) is 8.80. The first-order valence-electron chi connectivity index (χ1n) is 22.8. The van der Waals surface area contributed by atoms with Gasteiger partial charge in [-0.05, 0) is 88.5 Å². The zero-order chi connectivity index (χ0) is 44.8. The van der Waals surface area contributed by atoms with Gasteiger partial charge in [-0.3, -0.25) is 24.1 Å². The number of Topliss-reactive ketones (excluding diaryl/α,β-unsaturated/α-hetero) is 2. The first-order valence-corrected chi connectivity index (χ1v) is 22.8. The van der Waals surface area contributed by atoms with E-state index >= 15 is 0 Å². The van der Waals surface area contributed by atoms with Gasteiger partial charge in [0.2, 0.25) is 11.8 Å². The number of aromatic amines is 1. The first-order chi connectivity index (χ1) is 28.9. The van der Waals surface area contributed by atoms with Crippen LogP contribution in [0.2, 0.25) is 0 Å². The van der Waals surface area contributed by atoms with E-state index in [1.165, 1.54) is 0 Å². The molecule has 2 aliphatic heterocycles. The Labute approximate surface area is 363 Å². The highest BCUT2D eigenvalue weighted by Crippen LogP contribution is 2.44. The van der Waals surface area contributed by atoms with E-state index in [2.05, 4.69) is 41.4 Å². The fourth-order valence-electron chi connectivity index (χ4n) is 10.4. The summed E-state index contributed by atoms with van der Waals surface area (Å²) in [7, 11) is 3.36. The monoisotopic (exact) mass is 848 g/mol. The fourth-order valence-corrected chi connectivity index (χ4v) is 10.4. The van der Waals surface area contributed by atoms with Crippen molar-refractivity contribution in [3.05, 3.63) is 41.7 Å². The second kappa shape index (κ2) is 20.8. The molecule has 2 saturated heterocycles. The Morgan fingerprint density at radius 3 is 2.28 bits per heavy atom. The number of fused-ring (bicyclic) bond motifs is 2. The summed E-state index contributed by atoms with van der Waals surface area (Å²) < 4.78 is 11.9. The number of tetrazole rings is 1. The van der Waals surface area contributed by atoms with Crippen LogP contribution in [0, 0.1) is 35.5 Å². The highest BCUT2D eigenvalue weighted by Gasteiger charge is 2.53. The summed E-state index contributed by atoms with van der Waals surface area (Å²) >= 11 is 0. The summed E-state index contributed by atoms with van der Waals surface area (Å²) in [6.07, 6.45) is 4.78. The van der Waals surface area contributed by atoms with Gasteiger partial charge >= 0.3 is 6.09 Å². The Morgan fingerprint density at radius 1 is 0.967 bits per heavy atom. The average Bonchev–Trinajstić information content (AvgIpc) is 4.07. The lowest BCUT2D eigenvalue weighted by atomic mass is 9.81. The van der Waals surface area contributed by atoms with Crippen molar-refractivity contribution in [3.63, 3.8) is 0 Å². The van der Waals surface area contributed by atoms with Gasteiger partial charge in [-0.2, -0.15) is 5.21 Å². The van der Waals surface area contributed by atoms with Crippen molar-refractivity contribution in [3.8, 4) is 0 Å². The van der Waals surface area contributed by atoms with Crippen molar-refractivity contribution in [2.45, 2.75) is 168 Å². The highest BCUT2D eigenvalue weighted by molar-refractivity contribution is 5.93. The van der Waals surface area contributed by atoms with Gasteiger partial charge in [0.1, 0.15) is 11.4 Å². The lowest BCUT2D eigenvalue weighted by Crippen LogP contribution is -2.54. The molecule has 338 valence electrons. The van der Waals surface area contributed by atoms with Crippen LogP contribution in [-0.4, -0.2) is 121 Å². The Balaban J connectivity index is 1.26. The molecule has 2 aromatic rings. The van der Waals surface area contributed by atoms with Crippen LogP contribution in [0.3, 0.4) is 0 Å². The third-order valence-electron chi connectivity index (χ3n) is 14.2. The number of amides is 3. The molecule has 1 N–H and O–H groups in total. The number of rotatable bonds is 20. The van der Waals surface area contributed by atoms with Crippen LogP contribution < -0.4 is 0 Å². The summed E-state index contributed by atoms with van der Waals surface area (Å²) in [6.45, 7) is 18.2. The molecule has 3 heterocycles. The fraction of sp³-hybridized carbons (Fsp3) is 0.745. The van der Waals surface area contributed by atoms with Crippen LogP contribution in [0.15, 0.2) is 30.3 Å². The van der Waals surface area contributed by atoms with E-state index < -0.39 is 35.8 Å². The number of ketones is 2. The number of carbonyl (C=O) groups excluding carboxylic acids is 5. The molecule has 11 atom stereocenters. The SMILES string of the molecule is CC[C@H](C)[C@@H]([C@@H](CC(=O)N1CCC[C@H]1[C@H](C)[C@@H](C)C(=O)C[C@@H](Cc1ccccc1)c1nn[nH]n1)OC)N(C)C(=O)[C@@H](CC(=O)[C@@H]1[C@H]2CC[C@H](C2)N1C(=O)OC(C)(C)C)C(C)C. The van der Waals surface area contributed by atoms with Crippen molar-refractivity contribution in [2.24, 2.45) is 35.5 Å². The predicted octanol–water partition coefficient (Wildman–Crippen LogP) is 7.05. The molecule has 5 rings (SSSR count). The summed E-state index contributed by atoms with van der Waals surface area (Å²) in [5.74, 6) is -1.07. The number of H-pyrrole nitrogens is 1. The molecule has 3 aliphatic rings. The zero-order valence-corrected chi connectivity index (χ0v) is 38.6. The number of likely N-dealkylation sites (tertiary alicyclic amines) is 2. The van der Waals surface area contributed by atoms with E-state index in [4.69, 9.17) is 9.47 Å². The second-order valence-corrected chi connectivity index (χ2v) is 19.7. The number of likely N-dealkylation sites (N-methyl/N-ethyl adjacent to an activating group) is 1. The molecule has 0 spiro atoms. The van der Waals surface area contributed by atoms with Crippen molar-refractivity contribution in [1.29, 1.82) is 0 Å². The third-order valence-corrected chi connectivity index (χ3v) is 14.2. The molecule has 1 aromatic heterocycles. The van der Waals surface area contributed by atoms with E-state index in [1.807, 2.05) is 76.8 Å². The lowest BCUT2D eigenvalue weighted by Gasteiger charge is -2.41. The smallest absolute Gasteiger partial charge is 0.411 e. The minimum atomic E-state index is -0.689. The molecule has 2 bridgehead atoms. The molecule has 3 fully saturated rings.